The molecule has 0 radical (unpaired) electrons. The number of likely N-dealkylation sites (tertiary alicyclic amines) is 1. The van der Waals surface area contributed by atoms with Crippen LogP contribution in [0, 0.1) is 12.8 Å². The van der Waals surface area contributed by atoms with Crippen molar-refractivity contribution in [3.05, 3.63) is 35.4 Å². The normalized spacial score (nSPS) is 22.9. The highest BCUT2D eigenvalue weighted by atomic mass is 35.5. The summed E-state index contributed by atoms with van der Waals surface area (Å²) >= 11 is 0. The SMILES string of the molecule is Cc1ccc(CC(C)C(=O)N2CCC(N3CCNCC3)C2)cc1.Cl. The summed E-state index contributed by atoms with van der Waals surface area (Å²) in [5, 5.41) is 3.40. The van der Waals surface area contributed by atoms with Gasteiger partial charge in [0.15, 0.2) is 0 Å². The Morgan fingerprint density at radius 3 is 2.54 bits per heavy atom. The third-order valence-corrected chi connectivity index (χ3v) is 5.23. The van der Waals surface area contributed by atoms with Crippen molar-refractivity contribution in [2.75, 3.05) is 39.3 Å². The average molecular weight is 352 g/mol. The summed E-state index contributed by atoms with van der Waals surface area (Å²) in [6.45, 7) is 10.4. The van der Waals surface area contributed by atoms with E-state index in [0.717, 1.165) is 52.1 Å². The first kappa shape index (κ1) is 19.2. The number of benzene rings is 1. The lowest BCUT2D eigenvalue weighted by Gasteiger charge is -2.32. The van der Waals surface area contributed by atoms with Crippen LogP contribution in [0.3, 0.4) is 0 Å². The molecule has 0 saturated carbocycles. The molecule has 3 rings (SSSR count). The second-order valence-electron chi connectivity index (χ2n) is 7.10. The molecule has 1 aromatic rings. The summed E-state index contributed by atoms with van der Waals surface area (Å²) in [5.74, 6) is 0.391. The highest BCUT2D eigenvalue weighted by molar-refractivity contribution is 5.85. The van der Waals surface area contributed by atoms with Crippen molar-refractivity contribution in [2.45, 2.75) is 32.7 Å². The number of hydrogen-bond acceptors (Lipinski definition) is 3. The maximum atomic E-state index is 12.7. The summed E-state index contributed by atoms with van der Waals surface area (Å²) in [4.78, 5) is 17.4. The minimum absolute atomic E-state index is 0. The minimum atomic E-state index is 0. The van der Waals surface area contributed by atoms with Crippen molar-refractivity contribution >= 4 is 18.3 Å². The van der Waals surface area contributed by atoms with E-state index in [9.17, 15) is 4.79 Å². The van der Waals surface area contributed by atoms with Crippen molar-refractivity contribution in [2.24, 2.45) is 5.92 Å². The zero-order valence-electron chi connectivity index (χ0n) is 14.8. The van der Waals surface area contributed by atoms with Gasteiger partial charge in [-0.05, 0) is 25.3 Å². The Balaban J connectivity index is 0.00000208. The van der Waals surface area contributed by atoms with Crippen molar-refractivity contribution in [3.8, 4) is 0 Å². The number of rotatable bonds is 4. The minimum Gasteiger partial charge on any atom is -0.341 e. The van der Waals surface area contributed by atoms with Gasteiger partial charge < -0.3 is 10.2 Å². The Kier molecular flexibility index (Phi) is 7.08. The fourth-order valence-electron chi connectivity index (χ4n) is 3.76. The number of halogens is 1. The Morgan fingerprint density at radius 2 is 1.88 bits per heavy atom. The van der Waals surface area contributed by atoms with Gasteiger partial charge in [0, 0.05) is 51.2 Å². The van der Waals surface area contributed by atoms with Crippen LogP contribution in [-0.2, 0) is 11.2 Å². The maximum Gasteiger partial charge on any atom is 0.225 e. The van der Waals surface area contributed by atoms with Crippen LogP contribution in [0.25, 0.3) is 0 Å². The van der Waals surface area contributed by atoms with Crippen LogP contribution in [0.5, 0.6) is 0 Å². The van der Waals surface area contributed by atoms with Crippen LogP contribution in [0.15, 0.2) is 24.3 Å². The van der Waals surface area contributed by atoms with Crippen molar-refractivity contribution in [3.63, 3.8) is 0 Å². The number of carbonyl (C=O) groups excluding carboxylic acids is 1. The molecule has 1 N–H and O–H groups in total. The largest absolute Gasteiger partial charge is 0.341 e. The molecule has 1 aromatic carbocycles. The van der Waals surface area contributed by atoms with Crippen LogP contribution in [-0.4, -0.2) is 61.0 Å². The molecule has 0 aromatic heterocycles. The average Bonchev–Trinajstić information content (AvgIpc) is 3.07. The van der Waals surface area contributed by atoms with E-state index in [1.165, 1.54) is 11.1 Å². The molecule has 2 heterocycles. The van der Waals surface area contributed by atoms with Crippen molar-refractivity contribution in [1.82, 2.24) is 15.1 Å². The second kappa shape index (κ2) is 8.84. The smallest absolute Gasteiger partial charge is 0.225 e. The molecule has 2 saturated heterocycles. The zero-order chi connectivity index (χ0) is 16.2. The predicted octanol–water partition coefficient (Wildman–Crippen LogP) is 2.10. The highest BCUT2D eigenvalue weighted by Gasteiger charge is 2.32. The Morgan fingerprint density at radius 1 is 1.21 bits per heavy atom. The van der Waals surface area contributed by atoms with E-state index in [2.05, 4.69) is 53.2 Å². The van der Waals surface area contributed by atoms with Crippen molar-refractivity contribution < 1.29 is 4.79 Å². The molecule has 0 spiro atoms. The molecule has 5 heteroatoms. The van der Waals surface area contributed by atoms with Gasteiger partial charge in [0.2, 0.25) is 5.91 Å². The molecule has 2 atom stereocenters. The Labute approximate surface area is 152 Å². The van der Waals surface area contributed by atoms with E-state index in [4.69, 9.17) is 0 Å². The van der Waals surface area contributed by atoms with Crippen molar-refractivity contribution in [1.29, 1.82) is 0 Å². The highest BCUT2D eigenvalue weighted by Crippen LogP contribution is 2.20. The van der Waals surface area contributed by atoms with E-state index in [1.807, 2.05) is 0 Å². The van der Waals surface area contributed by atoms with Gasteiger partial charge in [0.05, 0.1) is 0 Å². The number of piperazine rings is 1. The molecule has 24 heavy (non-hydrogen) atoms. The maximum absolute atomic E-state index is 12.7. The lowest BCUT2D eigenvalue weighted by molar-refractivity contribution is -0.134. The summed E-state index contributed by atoms with van der Waals surface area (Å²) in [5.41, 5.74) is 2.53. The monoisotopic (exact) mass is 351 g/mol. The standard InChI is InChI=1S/C19H29N3O.ClH/c1-15-3-5-17(6-4-15)13-16(2)19(23)22-10-7-18(14-22)21-11-8-20-9-12-21;/h3-6,16,18,20H,7-14H2,1-2H3;1H. The fraction of sp³-hybridized carbons (Fsp3) is 0.632. The van der Waals surface area contributed by atoms with Gasteiger partial charge in [0.25, 0.3) is 0 Å². The number of aryl methyl sites for hydroxylation is 1. The lowest BCUT2D eigenvalue weighted by Crippen LogP contribution is -2.49. The second-order valence-corrected chi connectivity index (χ2v) is 7.10. The lowest BCUT2D eigenvalue weighted by atomic mass is 9.99. The molecule has 0 aliphatic carbocycles. The predicted molar refractivity (Wildman–Crippen MR) is 101 cm³/mol. The summed E-state index contributed by atoms with van der Waals surface area (Å²) in [6, 6.07) is 9.11. The summed E-state index contributed by atoms with van der Waals surface area (Å²) in [7, 11) is 0. The van der Waals surface area contributed by atoms with Gasteiger partial charge in [-0.3, -0.25) is 9.69 Å². The third kappa shape index (κ3) is 4.71. The summed E-state index contributed by atoms with van der Waals surface area (Å²) in [6.07, 6.45) is 1.97. The van der Waals surface area contributed by atoms with Gasteiger partial charge in [-0.25, -0.2) is 0 Å². The first-order valence-corrected chi connectivity index (χ1v) is 8.92. The molecule has 0 bridgehead atoms. The van der Waals surface area contributed by atoms with E-state index in [0.29, 0.717) is 11.9 Å². The molecule has 2 aliphatic rings. The number of nitrogens with one attached hydrogen (secondary N) is 1. The van der Waals surface area contributed by atoms with Crippen LogP contribution in [0.2, 0.25) is 0 Å². The Bertz CT molecular complexity index is 528. The Hall–Kier alpha value is -1.10. The number of hydrogen-bond donors (Lipinski definition) is 1. The molecule has 1 amide bonds. The van der Waals surface area contributed by atoms with E-state index < -0.39 is 0 Å². The van der Waals surface area contributed by atoms with Gasteiger partial charge in [-0.2, -0.15) is 0 Å². The van der Waals surface area contributed by atoms with Gasteiger partial charge >= 0.3 is 0 Å². The van der Waals surface area contributed by atoms with Crippen LogP contribution in [0.1, 0.15) is 24.5 Å². The fourth-order valence-corrected chi connectivity index (χ4v) is 3.76. The van der Waals surface area contributed by atoms with Gasteiger partial charge in [-0.1, -0.05) is 36.8 Å². The third-order valence-electron chi connectivity index (χ3n) is 5.23. The quantitative estimate of drug-likeness (QED) is 0.902. The summed E-state index contributed by atoms with van der Waals surface area (Å²) < 4.78 is 0. The number of carbonyl (C=O) groups is 1. The number of amides is 1. The first-order chi connectivity index (χ1) is 11.1. The molecule has 134 valence electrons. The van der Waals surface area contributed by atoms with E-state index in [1.54, 1.807) is 0 Å². The van der Waals surface area contributed by atoms with E-state index >= 15 is 0 Å². The van der Waals surface area contributed by atoms with Gasteiger partial charge in [0.1, 0.15) is 0 Å². The van der Waals surface area contributed by atoms with Crippen LogP contribution < -0.4 is 5.32 Å². The molecule has 4 nitrogen and oxygen atoms in total. The van der Waals surface area contributed by atoms with Crippen LogP contribution in [0.4, 0.5) is 0 Å². The number of nitrogens with zero attached hydrogens (tertiary/aromatic N) is 2. The van der Waals surface area contributed by atoms with E-state index in [-0.39, 0.29) is 18.3 Å². The first-order valence-electron chi connectivity index (χ1n) is 8.92. The zero-order valence-corrected chi connectivity index (χ0v) is 15.6. The van der Waals surface area contributed by atoms with Crippen LogP contribution >= 0.6 is 12.4 Å². The molecule has 2 aliphatic heterocycles. The molecular formula is C19H30ClN3O. The molecule has 2 fully saturated rings. The van der Waals surface area contributed by atoms with Gasteiger partial charge in [-0.15, -0.1) is 12.4 Å². The topological polar surface area (TPSA) is 35.6 Å². The molecule has 2 unspecified atom stereocenters. The molecular weight excluding hydrogens is 322 g/mol.